The lowest BCUT2D eigenvalue weighted by molar-refractivity contribution is -0.113. The van der Waals surface area contributed by atoms with E-state index in [4.69, 9.17) is 27.9 Å². The molecule has 0 unspecified atom stereocenters. The Morgan fingerprint density at radius 3 is 2.86 bits per heavy atom. The Balaban J connectivity index is 2.84. The maximum atomic E-state index is 10.9. The molecule has 1 aromatic carbocycles. The second kappa shape index (κ2) is 5.08. The van der Waals surface area contributed by atoms with Crippen LogP contribution in [0.2, 0.25) is 5.02 Å². The molecule has 1 aromatic rings. The molecule has 14 heavy (non-hydrogen) atoms. The fourth-order valence-electron chi connectivity index (χ4n) is 0.932. The molecule has 0 heterocycles. The summed E-state index contributed by atoms with van der Waals surface area (Å²) >= 11 is 11.1. The minimum Gasteiger partial charge on any atom is -0.495 e. The van der Waals surface area contributed by atoms with Crippen molar-refractivity contribution in [3.05, 3.63) is 23.2 Å². The standard InChI is InChI=1S/C9H9Cl2NO2/c1-14-8-4-6(2-3-7(8)11)12-9(13)5-10/h2-4H,5H2,1H3,(H,12,13). The van der Waals surface area contributed by atoms with E-state index in [1.807, 2.05) is 0 Å². The predicted octanol–water partition coefficient (Wildman–Crippen LogP) is 2.53. The Morgan fingerprint density at radius 2 is 2.29 bits per heavy atom. The lowest BCUT2D eigenvalue weighted by Crippen LogP contribution is -2.12. The molecule has 0 aromatic heterocycles. The first-order valence-electron chi connectivity index (χ1n) is 3.86. The summed E-state index contributed by atoms with van der Waals surface area (Å²) in [5.41, 5.74) is 0.608. The molecule has 0 bridgehead atoms. The van der Waals surface area contributed by atoms with Gasteiger partial charge in [0.25, 0.3) is 0 Å². The van der Waals surface area contributed by atoms with Gasteiger partial charge in [0, 0.05) is 11.8 Å². The van der Waals surface area contributed by atoms with Crippen molar-refractivity contribution in [3.63, 3.8) is 0 Å². The number of amides is 1. The van der Waals surface area contributed by atoms with Gasteiger partial charge >= 0.3 is 0 Å². The number of ether oxygens (including phenoxy) is 1. The topological polar surface area (TPSA) is 38.3 Å². The van der Waals surface area contributed by atoms with Gasteiger partial charge in [0.15, 0.2) is 0 Å². The first-order chi connectivity index (χ1) is 6.67. The van der Waals surface area contributed by atoms with Crippen molar-refractivity contribution in [2.24, 2.45) is 0 Å². The molecule has 0 saturated carbocycles. The molecule has 0 aliphatic heterocycles. The molecule has 0 fully saturated rings. The Hall–Kier alpha value is -0.930. The van der Waals surface area contributed by atoms with Gasteiger partial charge in [-0.3, -0.25) is 4.79 Å². The van der Waals surface area contributed by atoms with Crippen molar-refractivity contribution in [1.82, 2.24) is 0 Å². The van der Waals surface area contributed by atoms with Gasteiger partial charge in [0.05, 0.1) is 12.1 Å². The summed E-state index contributed by atoms with van der Waals surface area (Å²) < 4.78 is 4.98. The van der Waals surface area contributed by atoms with E-state index in [0.717, 1.165) is 0 Å². The number of carbonyl (C=O) groups excluding carboxylic acids is 1. The summed E-state index contributed by atoms with van der Waals surface area (Å²) in [7, 11) is 1.51. The molecular weight excluding hydrogens is 225 g/mol. The lowest BCUT2D eigenvalue weighted by Gasteiger charge is -2.06. The maximum absolute atomic E-state index is 10.9. The third kappa shape index (κ3) is 2.79. The molecule has 0 aliphatic rings. The highest BCUT2D eigenvalue weighted by molar-refractivity contribution is 6.32. The first kappa shape index (κ1) is 11.1. The average Bonchev–Trinajstić information content (AvgIpc) is 2.20. The predicted molar refractivity (Wildman–Crippen MR) is 57.4 cm³/mol. The van der Waals surface area contributed by atoms with Gasteiger partial charge in [-0.1, -0.05) is 11.6 Å². The van der Waals surface area contributed by atoms with Gasteiger partial charge in [-0.2, -0.15) is 0 Å². The van der Waals surface area contributed by atoms with Gasteiger partial charge < -0.3 is 10.1 Å². The van der Waals surface area contributed by atoms with Gasteiger partial charge in [0.2, 0.25) is 5.91 Å². The largest absolute Gasteiger partial charge is 0.495 e. The van der Waals surface area contributed by atoms with E-state index in [-0.39, 0.29) is 11.8 Å². The van der Waals surface area contributed by atoms with Crippen molar-refractivity contribution < 1.29 is 9.53 Å². The number of anilines is 1. The number of nitrogens with one attached hydrogen (secondary N) is 1. The van der Waals surface area contributed by atoms with Crippen LogP contribution in [-0.2, 0) is 4.79 Å². The molecule has 5 heteroatoms. The van der Waals surface area contributed by atoms with Gasteiger partial charge in [-0.25, -0.2) is 0 Å². The highest BCUT2D eigenvalue weighted by Crippen LogP contribution is 2.27. The number of hydrogen-bond donors (Lipinski definition) is 1. The molecule has 76 valence electrons. The summed E-state index contributed by atoms with van der Waals surface area (Å²) in [6.07, 6.45) is 0. The fourth-order valence-corrected chi connectivity index (χ4v) is 1.19. The lowest BCUT2D eigenvalue weighted by atomic mass is 10.3. The third-order valence-corrected chi connectivity index (χ3v) is 2.11. The van der Waals surface area contributed by atoms with E-state index in [1.54, 1.807) is 18.2 Å². The Kier molecular flexibility index (Phi) is 4.04. The number of benzene rings is 1. The van der Waals surface area contributed by atoms with Gasteiger partial charge in [-0.15, -0.1) is 11.6 Å². The number of hydrogen-bond acceptors (Lipinski definition) is 2. The van der Waals surface area contributed by atoms with Crippen LogP contribution < -0.4 is 10.1 Å². The summed E-state index contributed by atoms with van der Waals surface area (Å²) in [6.45, 7) is 0. The van der Waals surface area contributed by atoms with Crippen molar-refractivity contribution in [2.45, 2.75) is 0 Å². The average molecular weight is 234 g/mol. The Bertz CT molecular complexity index is 342. The van der Waals surface area contributed by atoms with Crippen molar-refractivity contribution in [1.29, 1.82) is 0 Å². The van der Waals surface area contributed by atoms with Crippen LogP contribution in [0, 0.1) is 0 Å². The maximum Gasteiger partial charge on any atom is 0.239 e. The summed E-state index contributed by atoms with van der Waals surface area (Å²) in [4.78, 5) is 10.9. The number of alkyl halides is 1. The molecule has 1 rings (SSSR count). The molecule has 0 atom stereocenters. The minimum atomic E-state index is -0.268. The van der Waals surface area contributed by atoms with Crippen LogP contribution in [0.1, 0.15) is 0 Å². The summed E-state index contributed by atoms with van der Waals surface area (Å²) in [6, 6.07) is 4.95. The number of halogens is 2. The number of methoxy groups -OCH3 is 1. The fraction of sp³-hybridized carbons (Fsp3) is 0.222. The van der Waals surface area contributed by atoms with E-state index in [2.05, 4.69) is 5.32 Å². The normalized spacial score (nSPS) is 9.64. The van der Waals surface area contributed by atoms with E-state index in [9.17, 15) is 4.79 Å². The SMILES string of the molecule is COc1cc(NC(=O)CCl)ccc1Cl. The van der Waals surface area contributed by atoms with E-state index in [1.165, 1.54) is 7.11 Å². The van der Waals surface area contributed by atoms with Crippen LogP contribution in [0.15, 0.2) is 18.2 Å². The zero-order chi connectivity index (χ0) is 10.6. The van der Waals surface area contributed by atoms with Gasteiger partial charge in [-0.05, 0) is 12.1 Å². The van der Waals surface area contributed by atoms with E-state index < -0.39 is 0 Å². The van der Waals surface area contributed by atoms with Crippen LogP contribution in [0.3, 0.4) is 0 Å². The Morgan fingerprint density at radius 1 is 1.57 bits per heavy atom. The summed E-state index contributed by atoms with van der Waals surface area (Å²) in [5.74, 6) is 0.167. The zero-order valence-electron chi connectivity index (χ0n) is 7.51. The second-order valence-corrected chi connectivity index (χ2v) is 3.21. The first-order valence-corrected chi connectivity index (χ1v) is 4.78. The molecule has 0 radical (unpaired) electrons. The monoisotopic (exact) mass is 233 g/mol. The van der Waals surface area contributed by atoms with Crippen LogP contribution in [0.25, 0.3) is 0 Å². The van der Waals surface area contributed by atoms with Crippen molar-refractivity contribution >= 4 is 34.8 Å². The van der Waals surface area contributed by atoms with E-state index in [0.29, 0.717) is 16.5 Å². The molecule has 0 saturated heterocycles. The smallest absolute Gasteiger partial charge is 0.239 e. The highest BCUT2D eigenvalue weighted by atomic mass is 35.5. The molecule has 1 amide bonds. The Labute approximate surface area is 92.0 Å². The van der Waals surface area contributed by atoms with Crippen LogP contribution in [0.4, 0.5) is 5.69 Å². The zero-order valence-corrected chi connectivity index (χ0v) is 9.02. The van der Waals surface area contributed by atoms with Crippen LogP contribution >= 0.6 is 23.2 Å². The third-order valence-electron chi connectivity index (χ3n) is 1.56. The van der Waals surface area contributed by atoms with Crippen molar-refractivity contribution in [2.75, 3.05) is 18.3 Å². The second-order valence-electron chi connectivity index (χ2n) is 2.53. The molecule has 3 nitrogen and oxygen atoms in total. The minimum absolute atomic E-state index is 0.0784. The molecular formula is C9H9Cl2NO2. The van der Waals surface area contributed by atoms with Crippen LogP contribution in [0.5, 0.6) is 5.75 Å². The highest BCUT2D eigenvalue weighted by Gasteiger charge is 2.04. The number of rotatable bonds is 3. The number of carbonyl (C=O) groups is 1. The van der Waals surface area contributed by atoms with E-state index >= 15 is 0 Å². The molecule has 1 N–H and O–H groups in total. The van der Waals surface area contributed by atoms with Gasteiger partial charge in [0.1, 0.15) is 11.6 Å². The molecule has 0 spiro atoms. The molecule has 0 aliphatic carbocycles. The summed E-state index contributed by atoms with van der Waals surface area (Å²) in [5, 5.41) is 3.08. The van der Waals surface area contributed by atoms with Crippen LogP contribution in [-0.4, -0.2) is 18.9 Å². The quantitative estimate of drug-likeness (QED) is 0.816. The van der Waals surface area contributed by atoms with Crippen molar-refractivity contribution in [3.8, 4) is 5.75 Å².